The first-order chi connectivity index (χ1) is 10.4. The minimum Gasteiger partial charge on any atom is -0.496 e. The molecule has 22 heavy (non-hydrogen) atoms. The summed E-state index contributed by atoms with van der Waals surface area (Å²) in [7, 11) is 1.73. The summed E-state index contributed by atoms with van der Waals surface area (Å²) in [6, 6.07) is 12.7. The molecular formula is C20H25ClO. The number of ether oxygens (including phenoxy) is 1. The highest BCUT2D eigenvalue weighted by molar-refractivity contribution is 6.30. The lowest BCUT2D eigenvalue weighted by Gasteiger charge is -2.18. The van der Waals surface area contributed by atoms with Gasteiger partial charge in [-0.2, -0.15) is 0 Å². The van der Waals surface area contributed by atoms with Crippen LogP contribution in [0.5, 0.6) is 5.75 Å². The molecule has 0 saturated carbocycles. The van der Waals surface area contributed by atoms with Gasteiger partial charge < -0.3 is 4.74 Å². The molecule has 0 aliphatic carbocycles. The highest BCUT2D eigenvalue weighted by Crippen LogP contribution is 2.31. The van der Waals surface area contributed by atoms with Gasteiger partial charge in [0.05, 0.1) is 7.11 Å². The second-order valence-electron chi connectivity index (χ2n) is 6.34. The largest absolute Gasteiger partial charge is 0.496 e. The van der Waals surface area contributed by atoms with Crippen LogP contribution in [0, 0.1) is 6.92 Å². The summed E-state index contributed by atoms with van der Waals surface area (Å²) in [5.74, 6) is 1.87. The Balaban J connectivity index is 2.26. The molecule has 0 saturated heterocycles. The smallest absolute Gasteiger partial charge is 0.122 e. The zero-order valence-electron chi connectivity index (χ0n) is 14.1. The van der Waals surface area contributed by atoms with Crippen molar-refractivity contribution in [2.75, 3.05) is 7.11 Å². The average molecular weight is 317 g/mol. The van der Waals surface area contributed by atoms with E-state index in [1.807, 2.05) is 6.07 Å². The molecule has 0 N–H and O–H groups in total. The standard InChI is InChI=1S/C20H25ClO/c1-13(2)18-11-16(7-9-20(18)22-5)10-15(4)19-12-17(21)8-6-14(19)3/h6-9,11-13,15H,10H2,1-5H3. The van der Waals surface area contributed by atoms with Gasteiger partial charge in [-0.15, -0.1) is 0 Å². The Hall–Kier alpha value is -1.47. The fourth-order valence-corrected chi connectivity index (χ4v) is 3.15. The Morgan fingerprint density at radius 1 is 1.00 bits per heavy atom. The van der Waals surface area contributed by atoms with Crippen molar-refractivity contribution in [2.45, 2.75) is 46.0 Å². The number of benzene rings is 2. The van der Waals surface area contributed by atoms with Crippen molar-refractivity contribution in [3.05, 3.63) is 63.7 Å². The van der Waals surface area contributed by atoms with Crippen molar-refractivity contribution >= 4 is 11.6 Å². The molecule has 0 fully saturated rings. The van der Waals surface area contributed by atoms with Crippen LogP contribution in [0.1, 0.15) is 54.9 Å². The third-order valence-corrected chi connectivity index (χ3v) is 4.47. The fourth-order valence-electron chi connectivity index (χ4n) is 2.97. The molecule has 0 spiro atoms. The van der Waals surface area contributed by atoms with Crippen molar-refractivity contribution < 1.29 is 4.74 Å². The van der Waals surface area contributed by atoms with Gasteiger partial charge in [0.25, 0.3) is 0 Å². The van der Waals surface area contributed by atoms with Gasteiger partial charge in [-0.3, -0.25) is 0 Å². The summed E-state index contributed by atoms with van der Waals surface area (Å²) in [6.45, 7) is 8.81. The monoisotopic (exact) mass is 316 g/mol. The first-order valence-electron chi connectivity index (χ1n) is 7.85. The van der Waals surface area contributed by atoms with E-state index < -0.39 is 0 Å². The van der Waals surface area contributed by atoms with E-state index in [0.717, 1.165) is 17.2 Å². The van der Waals surface area contributed by atoms with Gasteiger partial charge in [0, 0.05) is 5.02 Å². The summed E-state index contributed by atoms with van der Waals surface area (Å²) in [5, 5.41) is 0.810. The maximum Gasteiger partial charge on any atom is 0.122 e. The Bertz CT molecular complexity index is 646. The Labute approximate surface area is 139 Å². The molecular weight excluding hydrogens is 292 g/mol. The molecule has 118 valence electrons. The molecule has 1 nitrogen and oxygen atoms in total. The van der Waals surface area contributed by atoms with Gasteiger partial charge >= 0.3 is 0 Å². The zero-order chi connectivity index (χ0) is 16.3. The van der Waals surface area contributed by atoms with Crippen LogP contribution in [0.25, 0.3) is 0 Å². The second-order valence-corrected chi connectivity index (χ2v) is 6.77. The predicted molar refractivity (Wildman–Crippen MR) is 95.4 cm³/mol. The third-order valence-electron chi connectivity index (χ3n) is 4.23. The van der Waals surface area contributed by atoms with Crippen LogP contribution in [0.3, 0.4) is 0 Å². The lowest BCUT2D eigenvalue weighted by Crippen LogP contribution is -2.03. The molecule has 0 aromatic heterocycles. The van der Waals surface area contributed by atoms with Crippen LogP contribution < -0.4 is 4.74 Å². The molecule has 0 aliphatic rings. The topological polar surface area (TPSA) is 9.23 Å². The van der Waals surface area contributed by atoms with Crippen molar-refractivity contribution in [2.24, 2.45) is 0 Å². The highest BCUT2D eigenvalue weighted by atomic mass is 35.5. The number of rotatable bonds is 5. The number of methoxy groups -OCH3 is 1. The second kappa shape index (κ2) is 7.19. The summed E-state index contributed by atoms with van der Waals surface area (Å²) >= 11 is 6.15. The van der Waals surface area contributed by atoms with E-state index in [-0.39, 0.29) is 0 Å². The average Bonchev–Trinajstić information content (AvgIpc) is 2.49. The minimum atomic E-state index is 0.437. The van der Waals surface area contributed by atoms with E-state index in [9.17, 15) is 0 Å². The number of halogens is 1. The van der Waals surface area contributed by atoms with E-state index >= 15 is 0 Å². The van der Waals surface area contributed by atoms with Crippen molar-refractivity contribution in [3.8, 4) is 5.75 Å². The summed E-state index contributed by atoms with van der Waals surface area (Å²) in [6.07, 6.45) is 1.00. The Kier molecular flexibility index (Phi) is 5.52. The molecule has 0 radical (unpaired) electrons. The van der Waals surface area contributed by atoms with E-state index in [1.54, 1.807) is 7.11 Å². The van der Waals surface area contributed by atoms with Crippen LogP contribution in [0.2, 0.25) is 5.02 Å². The van der Waals surface area contributed by atoms with Gasteiger partial charge in [0.15, 0.2) is 0 Å². The molecule has 0 amide bonds. The summed E-state index contributed by atoms with van der Waals surface area (Å²) in [4.78, 5) is 0. The van der Waals surface area contributed by atoms with E-state index in [0.29, 0.717) is 11.8 Å². The first-order valence-corrected chi connectivity index (χ1v) is 8.23. The van der Waals surface area contributed by atoms with Crippen molar-refractivity contribution in [1.29, 1.82) is 0 Å². The number of hydrogen-bond acceptors (Lipinski definition) is 1. The lowest BCUT2D eigenvalue weighted by atomic mass is 9.89. The van der Waals surface area contributed by atoms with Crippen molar-refractivity contribution in [1.82, 2.24) is 0 Å². The van der Waals surface area contributed by atoms with Gasteiger partial charge in [-0.05, 0) is 65.6 Å². The predicted octanol–water partition coefficient (Wildman–Crippen LogP) is 6.13. The SMILES string of the molecule is COc1ccc(CC(C)c2cc(Cl)ccc2C)cc1C(C)C. The van der Waals surface area contributed by atoms with Crippen LogP contribution in [-0.2, 0) is 6.42 Å². The molecule has 2 rings (SSSR count). The molecule has 1 unspecified atom stereocenters. The summed E-state index contributed by atoms with van der Waals surface area (Å²) in [5.41, 5.74) is 5.25. The molecule has 2 heteroatoms. The van der Waals surface area contributed by atoms with Crippen LogP contribution >= 0.6 is 11.6 Å². The highest BCUT2D eigenvalue weighted by Gasteiger charge is 2.13. The molecule has 2 aromatic rings. The van der Waals surface area contributed by atoms with Gasteiger partial charge in [-0.1, -0.05) is 50.6 Å². The minimum absolute atomic E-state index is 0.437. The zero-order valence-corrected chi connectivity index (χ0v) is 14.9. The van der Waals surface area contributed by atoms with Gasteiger partial charge in [0.2, 0.25) is 0 Å². The quantitative estimate of drug-likeness (QED) is 0.645. The molecule has 2 aromatic carbocycles. The molecule has 0 aliphatic heterocycles. The molecule has 0 bridgehead atoms. The van der Waals surface area contributed by atoms with Gasteiger partial charge in [-0.25, -0.2) is 0 Å². The number of aryl methyl sites for hydroxylation is 1. The number of hydrogen-bond donors (Lipinski definition) is 0. The Morgan fingerprint density at radius 3 is 2.36 bits per heavy atom. The van der Waals surface area contributed by atoms with E-state index in [4.69, 9.17) is 16.3 Å². The first kappa shape index (κ1) is 16.9. The van der Waals surface area contributed by atoms with E-state index in [2.05, 4.69) is 58.0 Å². The molecule has 0 heterocycles. The third kappa shape index (κ3) is 3.84. The maximum absolute atomic E-state index is 6.15. The fraction of sp³-hybridized carbons (Fsp3) is 0.400. The van der Waals surface area contributed by atoms with Crippen LogP contribution in [0.15, 0.2) is 36.4 Å². The maximum atomic E-state index is 6.15. The van der Waals surface area contributed by atoms with E-state index in [1.165, 1.54) is 22.3 Å². The normalized spacial score (nSPS) is 12.5. The Morgan fingerprint density at radius 2 is 1.73 bits per heavy atom. The lowest BCUT2D eigenvalue weighted by molar-refractivity contribution is 0.407. The summed E-state index contributed by atoms with van der Waals surface area (Å²) < 4.78 is 5.47. The molecule has 1 atom stereocenters. The van der Waals surface area contributed by atoms with Crippen LogP contribution in [-0.4, -0.2) is 7.11 Å². The van der Waals surface area contributed by atoms with Crippen molar-refractivity contribution in [3.63, 3.8) is 0 Å². The van der Waals surface area contributed by atoms with Gasteiger partial charge in [0.1, 0.15) is 5.75 Å². The van der Waals surface area contributed by atoms with Crippen LogP contribution in [0.4, 0.5) is 0 Å².